The van der Waals surface area contributed by atoms with Crippen molar-refractivity contribution >= 4 is 57.6 Å². The molecule has 3 fully saturated rings. The van der Waals surface area contributed by atoms with E-state index in [4.69, 9.17) is 32.0 Å². The van der Waals surface area contributed by atoms with E-state index in [0.717, 1.165) is 0 Å². The molecule has 1 saturated carbocycles. The fraction of sp³-hybridized carbons (Fsp3) is 0.654. The van der Waals surface area contributed by atoms with Gasteiger partial charge in [-0.2, -0.15) is 0 Å². The molecule has 258 valence electrons. The van der Waals surface area contributed by atoms with Crippen molar-refractivity contribution in [2.45, 2.75) is 88.5 Å². The minimum absolute atomic E-state index is 0.0652. The van der Waals surface area contributed by atoms with Gasteiger partial charge in [-0.25, -0.2) is 29.1 Å². The molecule has 9 atom stereocenters. The summed E-state index contributed by atoms with van der Waals surface area (Å²) in [7, 11) is -2.56. The molecule has 16 nitrogen and oxygen atoms in total. The average Bonchev–Trinajstić information content (AvgIpc) is 3.66. The number of nitrogens with zero attached hydrogens (tertiary/aromatic N) is 5. The van der Waals surface area contributed by atoms with Gasteiger partial charge in [0.2, 0.25) is 5.88 Å². The molecule has 0 unspecified atom stereocenters. The number of hydrogen-bond acceptors (Lipinski definition) is 14. The third kappa shape index (κ3) is 7.75. The zero-order chi connectivity index (χ0) is 33.8. The Balaban J connectivity index is 1.35. The highest BCUT2D eigenvalue weighted by atomic mass is 32.7. The van der Waals surface area contributed by atoms with E-state index in [2.05, 4.69) is 70.2 Å². The van der Waals surface area contributed by atoms with E-state index >= 15 is 0 Å². The van der Waals surface area contributed by atoms with Gasteiger partial charge in [0.15, 0.2) is 25.7 Å². The quantitative estimate of drug-likeness (QED) is 0.181. The van der Waals surface area contributed by atoms with E-state index in [1.165, 1.54) is 23.5 Å². The Labute approximate surface area is 282 Å². The molecule has 5 heterocycles. The van der Waals surface area contributed by atoms with E-state index in [9.17, 15) is 13.9 Å². The number of fused-ring (bicyclic) bond motifs is 4. The highest BCUT2D eigenvalue weighted by molar-refractivity contribution is 8.44. The van der Waals surface area contributed by atoms with Crippen molar-refractivity contribution in [3.63, 3.8) is 0 Å². The molecule has 3 aromatic heterocycles. The van der Waals surface area contributed by atoms with Crippen LogP contribution in [0.4, 0.5) is 0 Å². The van der Waals surface area contributed by atoms with Crippen LogP contribution in [0.2, 0.25) is 18.1 Å². The fourth-order valence-electron chi connectivity index (χ4n) is 5.59. The Hall–Kier alpha value is -1.63. The van der Waals surface area contributed by atoms with Crippen LogP contribution in [0.5, 0.6) is 5.88 Å². The summed E-state index contributed by atoms with van der Waals surface area (Å²) < 4.78 is 72.4. The molecular weight excluding hydrogens is 710 g/mol. The van der Waals surface area contributed by atoms with Crippen molar-refractivity contribution in [2.75, 3.05) is 13.2 Å². The minimum atomic E-state index is -4.14. The summed E-state index contributed by atoms with van der Waals surface area (Å²) >= 11 is 8.67. The van der Waals surface area contributed by atoms with E-state index in [0.29, 0.717) is 18.7 Å². The van der Waals surface area contributed by atoms with Gasteiger partial charge < -0.3 is 23.4 Å². The first-order valence-corrected chi connectivity index (χ1v) is 23.3. The highest BCUT2D eigenvalue weighted by Gasteiger charge is 2.55. The first-order valence-electron chi connectivity index (χ1n) is 15.0. The average molecular weight is 749 g/mol. The number of aromatic nitrogens is 6. The van der Waals surface area contributed by atoms with Crippen LogP contribution in [0, 0.1) is 5.92 Å². The van der Waals surface area contributed by atoms with Crippen molar-refractivity contribution in [1.29, 1.82) is 0 Å². The van der Waals surface area contributed by atoms with Gasteiger partial charge in [0.25, 0.3) is 5.56 Å². The lowest BCUT2D eigenvalue weighted by molar-refractivity contribution is -0.0482. The second kappa shape index (κ2) is 13.2. The van der Waals surface area contributed by atoms with Crippen molar-refractivity contribution < 1.29 is 41.1 Å². The molecule has 3 aromatic rings. The van der Waals surface area contributed by atoms with Crippen molar-refractivity contribution in [2.24, 2.45) is 5.92 Å². The van der Waals surface area contributed by atoms with E-state index < -0.39 is 64.0 Å². The highest BCUT2D eigenvalue weighted by Crippen LogP contribution is 2.61. The third-order valence-corrected chi connectivity index (χ3v) is 16.7. The monoisotopic (exact) mass is 748 g/mol. The number of nitrogens with one attached hydrogen (secondary N) is 1. The van der Waals surface area contributed by atoms with E-state index in [-0.39, 0.29) is 35.5 Å². The van der Waals surface area contributed by atoms with Gasteiger partial charge in [-0.3, -0.25) is 22.9 Å². The number of H-pyrrole nitrogens is 1. The molecule has 0 amide bonds. The Morgan fingerprint density at radius 1 is 1.04 bits per heavy atom. The summed E-state index contributed by atoms with van der Waals surface area (Å²) in [6, 6.07) is 1.62. The molecule has 47 heavy (non-hydrogen) atoms. The zero-order valence-electron chi connectivity index (χ0n) is 26.4. The van der Waals surface area contributed by atoms with Crippen LogP contribution in [-0.2, 0) is 36.4 Å². The molecular formula is C26H38N6O10P2S2Si. The van der Waals surface area contributed by atoms with Gasteiger partial charge in [0.1, 0.15) is 30.7 Å². The Morgan fingerprint density at radius 2 is 1.79 bits per heavy atom. The number of thiol groups is 2. The van der Waals surface area contributed by atoms with Gasteiger partial charge in [-0.15, -0.1) is 0 Å². The molecule has 2 saturated heterocycles. The smallest absolute Gasteiger partial charge is 0.386 e. The summed E-state index contributed by atoms with van der Waals surface area (Å²) in [5, 5.41) is -0.245. The third-order valence-electron chi connectivity index (χ3n) is 8.97. The predicted molar refractivity (Wildman–Crippen MR) is 178 cm³/mol. The molecule has 6 rings (SSSR count). The lowest BCUT2D eigenvalue weighted by Crippen LogP contribution is -2.50. The largest absolute Gasteiger partial charge is 0.474 e. The van der Waals surface area contributed by atoms with Crippen LogP contribution in [0.1, 0.15) is 39.8 Å². The minimum Gasteiger partial charge on any atom is -0.474 e. The van der Waals surface area contributed by atoms with Crippen LogP contribution in [-0.4, -0.2) is 81.5 Å². The van der Waals surface area contributed by atoms with Gasteiger partial charge in [0, 0.05) is 24.6 Å². The zero-order valence-corrected chi connectivity index (χ0v) is 30.9. The number of imidazole rings is 1. The molecule has 2 aliphatic heterocycles. The predicted octanol–water partition coefficient (Wildman–Crippen LogP) is 4.95. The lowest BCUT2D eigenvalue weighted by Gasteiger charge is -2.40. The van der Waals surface area contributed by atoms with Gasteiger partial charge in [-0.1, -0.05) is 45.3 Å². The second-order valence-electron chi connectivity index (χ2n) is 13.2. The van der Waals surface area contributed by atoms with E-state index in [1.54, 1.807) is 12.3 Å². The maximum Gasteiger partial charge on any atom is 0.386 e. The van der Waals surface area contributed by atoms with Crippen molar-refractivity contribution in [3.05, 3.63) is 41.6 Å². The standard InChI is InChI=1S/C26H38N6O10P2S2Si/c1-26(2,3)47(4,5)42-21-18-11-37-43(34,45)40-17-9-16(38-19-6-7-27-12-28-19)8-15(17)10-36-44(35,46)41-22(21)25(39-18)32-14-31-20-23(32)29-13-30-24(20)33/h6-7,12-18,21-22,25H,8-11H2,1-5H3,(H,34,45)(H,35,46)(H,29,30,33)/t15-,16-,17+,18-,21-,22-,25-,43-,44-/m1/s1. The summed E-state index contributed by atoms with van der Waals surface area (Å²) in [4.78, 5) is 31.5. The molecule has 2 bridgehead atoms. The van der Waals surface area contributed by atoms with Gasteiger partial charge in [0.05, 0.1) is 32.0 Å². The van der Waals surface area contributed by atoms with Crippen molar-refractivity contribution in [3.8, 4) is 5.88 Å². The van der Waals surface area contributed by atoms with Crippen LogP contribution < -0.4 is 10.3 Å². The van der Waals surface area contributed by atoms with E-state index in [1.807, 2.05) is 13.1 Å². The first kappa shape index (κ1) is 35.2. The summed E-state index contributed by atoms with van der Waals surface area (Å²) in [5.41, 5.74) is -0.192. The molecule has 0 spiro atoms. The Kier molecular flexibility index (Phi) is 9.92. The molecule has 0 aromatic carbocycles. The second-order valence-corrected chi connectivity index (χ2v) is 23.7. The Morgan fingerprint density at radius 3 is 2.51 bits per heavy atom. The number of rotatable bonds is 5. The van der Waals surface area contributed by atoms with Gasteiger partial charge >= 0.3 is 13.6 Å². The maximum absolute atomic E-state index is 14.0. The maximum atomic E-state index is 14.0. The first-order chi connectivity index (χ1) is 22.0. The van der Waals surface area contributed by atoms with Crippen LogP contribution >= 0.6 is 38.1 Å². The van der Waals surface area contributed by atoms with Crippen LogP contribution in [0.25, 0.3) is 11.2 Å². The SMILES string of the molecule is CC(C)(C)[Si](C)(C)O[C@H]1[C@H]2O[P@](=O)(S)OC[C@H]3C[C@@H](Oc4ccncn4)C[C@@H]3O[P@](=O)(S)OC[C@H]1O[C@H]2n1cnc2c(=O)[nH]cnc21. The normalized spacial score (nSPS) is 35.5. The van der Waals surface area contributed by atoms with Crippen molar-refractivity contribution in [1.82, 2.24) is 29.5 Å². The van der Waals surface area contributed by atoms with Crippen LogP contribution in [0.15, 0.2) is 36.0 Å². The van der Waals surface area contributed by atoms with Crippen LogP contribution in [0.3, 0.4) is 0 Å². The number of hydrogen-bond donors (Lipinski definition) is 3. The molecule has 21 heteroatoms. The molecule has 1 N–H and O–H groups in total. The number of aromatic amines is 1. The fourth-order valence-corrected chi connectivity index (χ4v) is 9.97. The molecule has 3 aliphatic rings. The summed E-state index contributed by atoms with van der Waals surface area (Å²) in [6.45, 7) is 1.73. The summed E-state index contributed by atoms with van der Waals surface area (Å²) in [6.07, 6.45) is 1.14. The number of ether oxygens (including phenoxy) is 2. The molecule has 1 aliphatic carbocycles. The summed E-state index contributed by atoms with van der Waals surface area (Å²) in [5.74, 6) is -0.0722. The van der Waals surface area contributed by atoms with Gasteiger partial charge in [-0.05, 0) is 24.6 Å². The molecule has 0 radical (unpaired) electrons. The Bertz CT molecular complexity index is 1750. The topological polar surface area (TPSA) is 188 Å². The lowest BCUT2D eigenvalue weighted by atomic mass is 10.1.